The Labute approximate surface area is 112 Å². The van der Waals surface area contributed by atoms with Gasteiger partial charge in [-0.2, -0.15) is 5.43 Å². The lowest BCUT2D eigenvalue weighted by molar-refractivity contribution is 0.259. The van der Waals surface area contributed by atoms with E-state index >= 15 is 0 Å². The van der Waals surface area contributed by atoms with Crippen molar-refractivity contribution >= 4 is 41.3 Å². The number of rotatable bonds is 2. The summed E-state index contributed by atoms with van der Waals surface area (Å²) in [5, 5.41) is 0.891. The predicted molar refractivity (Wildman–Crippen MR) is 71.3 cm³/mol. The van der Waals surface area contributed by atoms with E-state index in [2.05, 4.69) is 10.4 Å². The molecule has 2 heterocycles. The van der Waals surface area contributed by atoms with Crippen molar-refractivity contribution in [2.24, 2.45) is 0 Å². The molecule has 1 N–H and O–H groups in total. The van der Waals surface area contributed by atoms with E-state index in [9.17, 15) is 0 Å². The second kappa shape index (κ2) is 5.52. The molecule has 0 atom stereocenters. The molecular weight excluding hydrogens is 268 g/mol. The summed E-state index contributed by atoms with van der Waals surface area (Å²) in [6.45, 7) is 2.16. The smallest absolute Gasteiger partial charge is 0.172 e. The Balaban J connectivity index is 0.00000128. The van der Waals surface area contributed by atoms with Gasteiger partial charge in [0.2, 0.25) is 0 Å². The van der Waals surface area contributed by atoms with Gasteiger partial charge in [0.05, 0.1) is 11.2 Å². The van der Waals surface area contributed by atoms with Crippen LogP contribution in [0.15, 0.2) is 12.3 Å². The minimum absolute atomic E-state index is 0. The molecule has 0 amide bonds. The largest absolute Gasteiger partial charge is 0.237 e. The minimum atomic E-state index is 0. The first-order valence-corrected chi connectivity index (χ1v) is 5.81. The molecule has 16 heavy (non-hydrogen) atoms. The highest BCUT2D eigenvalue weighted by Crippen LogP contribution is 2.30. The summed E-state index contributed by atoms with van der Waals surface area (Å²) in [4.78, 5) is 4.09. The molecule has 0 spiro atoms. The SMILES string of the molecule is CN[N+]1(c2cnc(Cl)c(Cl)c2)CCCC1.Cl. The summed E-state index contributed by atoms with van der Waals surface area (Å²) < 4.78 is 0.754. The molecule has 1 fully saturated rings. The lowest BCUT2D eigenvalue weighted by Gasteiger charge is -2.31. The Bertz CT molecular complexity index is 364. The average Bonchev–Trinajstić information content (AvgIpc) is 2.72. The fraction of sp³-hybridized carbons (Fsp3) is 0.500. The van der Waals surface area contributed by atoms with Gasteiger partial charge in [0.1, 0.15) is 18.2 Å². The van der Waals surface area contributed by atoms with E-state index in [1.165, 1.54) is 12.8 Å². The summed E-state index contributed by atoms with van der Waals surface area (Å²) in [6, 6.07) is 1.90. The van der Waals surface area contributed by atoms with Gasteiger partial charge in [-0.1, -0.05) is 23.2 Å². The molecule has 0 aromatic carbocycles. The molecule has 2 rings (SSSR count). The molecular formula is C10H15Cl3N3+. The van der Waals surface area contributed by atoms with Crippen molar-refractivity contribution in [1.82, 2.24) is 15.0 Å². The van der Waals surface area contributed by atoms with Gasteiger partial charge in [-0.25, -0.2) is 9.58 Å². The van der Waals surface area contributed by atoms with Crippen LogP contribution in [-0.2, 0) is 0 Å². The van der Waals surface area contributed by atoms with E-state index in [-0.39, 0.29) is 12.4 Å². The molecule has 1 aliphatic heterocycles. The monoisotopic (exact) mass is 282 g/mol. The van der Waals surface area contributed by atoms with Crippen LogP contribution in [0.3, 0.4) is 0 Å². The Hall–Kier alpha value is -0.0600. The highest BCUT2D eigenvalue weighted by molar-refractivity contribution is 6.41. The average molecular weight is 284 g/mol. The van der Waals surface area contributed by atoms with Crippen molar-refractivity contribution in [2.75, 3.05) is 20.1 Å². The molecule has 0 bridgehead atoms. The van der Waals surface area contributed by atoms with Crippen molar-refractivity contribution in [3.05, 3.63) is 22.4 Å². The first-order chi connectivity index (χ1) is 7.18. The van der Waals surface area contributed by atoms with Crippen molar-refractivity contribution in [3.63, 3.8) is 0 Å². The Kier molecular flexibility index (Phi) is 4.83. The third-order valence-electron chi connectivity index (χ3n) is 3.03. The lowest BCUT2D eigenvalue weighted by Crippen LogP contribution is -2.55. The minimum Gasteiger partial charge on any atom is -0.237 e. The van der Waals surface area contributed by atoms with E-state index in [0.29, 0.717) is 10.2 Å². The van der Waals surface area contributed by atoms with Crippen LogP contribution in [0.5, 0.6) is 0 Å². The Morgan fingerprint density at radius 3 is 2.44 bits per heavy atom. The molecule has 0 saturated carbocycles. The molecule has 0 aliphatic carbocycles. The standard InChI is InChI=1S/C10H14Cl2N3.ClH/c1-13-15(4-2-3-5-15)8-6-9(11)10(12)14-7-8;/h6-7,13H,2-5H2,1H3;1H/q+1;. The zero-order chi connectivity index (χ0) is 10.9. The maximum atomic E-state index is 5.98. The number of hydrogen-bond donors (Lipinski definition) is 1. The third-order valence-corrected chi connectivity index (χ3v) is 3.72. The fourth-order valence-corrected chi connectivity index (χ4v) is 2.40. The van der Waals surface area contributed by atoms with Gasteiger partial charge in [-0.3, -0.25) is 0 Å². The highest BCUT2D eigenvalue weighted by Gasteiger charge is 2.34. The van der Waals surface area contributed by atoms with Crippen molar-refractivity contribution < 1.29 is 0 Å². The predicted octanol–water partition coefficient (Wildman–Crippen LogP) is 3.05. The lowest BCUT2D eigenvalue weighted by atomic mass is 10.3. The molecule has 1 saturated heterocycles. The van der Waals surface area contributed by atoms with Crippen LogP contribution < -0.4 is 10.0 Å². The second-order valence-electron chi connectivity index (χ2n) is 3.81. The first-order valence-electron chi connectivity index (χ1n) is 5.06. The van der Waals surface area contributed by atoms with Crippen LogP contribution in [0.2, 0.25) is 10.2 Å². The van der Waals surface area contributed by atoms with Gasteiger partial charge in [0, 0.05) is 26.0 Å². The van der Waals surface area contributed by atoms with Crippen LogP contribution in [0.4, 0.5) is 5.69 Å². The van der Waals surface area contributed by atoms with Gasteiger partial charge >= 0.3 is 0 Å². The number of aromatic nitrogens is 1. The van der Waals surface area contributed by atoms with Crippen molar-refractivity contribution in [3.8, 4) is 0 Å². The third kappa shape index (κ3) is 2.44. The van der Waals surface area contributed by atoms with Crippen molar-refractivity contribution in [1.29, 1.82) is 0 Å². The second-order valence-corrected chi connectivity index (χ2v) is 4.58. The first kappa shape index (κ1) is 14.0. The number of nitrogens with zero attached hydrogens (tertiary/aromatic N) is 2. The summed E-state index contributed by atoms with van der Waals surface area (Å²) in [6.07, 6.45) is 4.25. The zero-order valence-corrected chi connectivity index (χ0v) is 11.4. The molecule has 0 unspecified atom stereocenters. The highest BCUT2D eigenvalue weighted by atomic mass is 35.5. The van der Waals surface area contributed by atoms with Gasteiger partial charge in [0.15, 0.2) is 5.69 Å². The van der Waals surface area contributed by atoms with E-state index in [1.807, 2.05) is 13.1 Å². The normalized spacial score (nSPS) is 18.2. The number of nitrogens with one attached hydrogen (secondary N) is 1. The Morgan fingerprint density at radius 1 is 1.31 bits per heavy atom. The van der Waals surface area contributed by atoms with Gasteiger partial charge in [-0.15, -0.1) is 12.4 Å². The molecule has 1 aromatic rings. The molecule has 3 nitrogen and oxygen atoms in total. The number of quaternary nitrogens is 1. The zero-order valence-electron chi connectivity index (χ0n) is 9.04. The van der Waals surface area contributed by atoms with E-state index < -0.39 is 0 Å². The summed E-state index contributed by atoms with van der Waals surface area (Å²) in [5.41, 5.74) is 4.42. The van der Waals surface area contributed by atoms with Crippen LogP contribution in [0.1, 0.15) is 12.8 Å². The number of pyridine rings is 1. The van der Waals surface area contributed by atoms with Crippen molar-refractivity contribution in [2.45, 2.75) is 12.8 Å². The summed E-state index contributed by atoms with van der Waals surface area (Å²) in [5.74, 6) is 0. The molecule has 1 aromatic heterocycles. The molecule has 0 radical (unpaired) electrons. The van der Waals surface area contributed by atoms with E-state index in [4.69, 9.17) is 23.2 Å². The maximum Gasteiger partial charge on any atom is 0.172 e. The molecule has 6 heteroatoms. The van der Waals surface area contributed by atoms with E-state index in [0.717, 1.165) is 23.4 Å². The molecule has 90 valence electrons. The van der Waals surface area contributed by atoms with Crippen LogP contribution >= 0.6 is 35.6 Å². The summed E-state index contributed by atoms with van der Waals surface area (Å²) >= 11 is 11.8. The maximum absolute atomic E-state index is 5.98. The Morgan fingerprint density at radius 2 is 1.94 bits per heavy atom. The van der Waals surface area contributed by atoms with Crippen LogP contribution in [0.25, 0.3) is 0 Å². The number of halogens is 3. The van der Waals surface area contributed by atoms with Crippen LogP contribution in [-0.4, -0.2) is 25.1 Å². The topological polar surface area (TPSA) is 24.9 Å². The quantitative estimate of drug-likeness (QED) is 0.666. The van der Waals surface area contributed by atoms with E-state index in [1.54, 1.807) is 6.20 Å². The molecule has 1 aliphatic rings. The van der Waals surface area contributed by atoms with Gasteiger partial charge < -0.3 is 0 Å². The van der Waals surface area contributed by atoms with Gasteiger partial charge in [-0.05, 0) is 0 Å². The summed E-state index contributed by atoms with van der Waals surface area (Å²) in [7, 11) is 1.97. The van der Waals surface area contributed by atoms with Gasteiger partial charge in [0.25, 0.3) is 0 Å². The fourth-order valence-electron chi connectivity index (χ4n) is 2.13. The number of hydrogen-bond acceptors (Lipinski definition) is 2. The van der Waals surface area contributed by atoms with Crippen LogP contribution in [0, 0.1) is 0 Å².